The molecule has 8 aliphatic rings. The van der Waals surface area contributed by atoms with E-state index in [1.807, 2.05) is 95.3 Å². The third-order valence-corrected chi connectivity index (χ3v) is 23.9. The van der Waals surface area contributed by atoms with Crippen molar-refractivity contribution in [2.45, 2.75) is 75.0 Å². The van der Waals surface area contributed by atoms with E-state index < -0.39 is 16.2 Å². The average molecular weight is 1240 g/mol. The number of carbonyl (C=O) groups excluding carboxylic acids is 5. The third kappa shape index (κ3) is 5.75. The van der Waals surface area contributed by atoms with Crippen molar-refractivity contribution >= 4 is 111 Å². The number of rotatable bonds is 15. The summed E-state index contributed by atoms with van der Waals surface area (Å²) in [5, 5.41) is 17.8. The van der Waals surface area contributed by atoms with Crippen LogP contribution in [-0.2, 0) is 39.9 Å². The van der Waals surface area contributed by atoms with E-state index in [1.54, 1.807) is 0 Å². The Morgan fingerprint density at radius 2 is 0.779 bits per heavy atom. The molecule has 13 aromatic carbocycles. The number of benzene rings is 11. The minimum absolute atomic E-state index is 0.163. The summed E-state index contributed by atoms with van der Waals surface area (Å²) >= 11 is 0. The van der Waals surface area contributed by atoms with Gasteiger partial charge in [-0.3, -0.25) is 0 Å². The number of ether oxygens (including phenoxy) is 5. The highest BCUT2D eigenvalue weighted by Crippen LogP contribution is 2.86. The standard InChI is InChI=1S/C85H58O10/c1-6-91-78(86)41-15-11-39(12-16-41)55-37-57-53-35-33-51-49-31-32-50-52-34-36-54-58-38-56(40-13-17-42(18-14-40)79(87)92-7-2)66-65(55)73-77-74(66)84(58,47-27-21-44(22-28-47)81(89)94-9-4)72-64(54)62(52)68-60(50)59(49)67-61(51)63(53)71(83(57,73)46-25-19-43(20-26-46)80(88)93-8-3)75-69(67)70(68)76(72)85(75,77)48-29-23-45(24-30-48)82(90)95-10-5/h11-37,55-56,58,66H,6-10,38H2,1-5H3/t55?,56?,58?,66?,83?,84?,85-/m0/s1. The molecule has 0 saturated heterocycles. The summed E-state index contributed by atoms with van der Waals surface area (Å²) in [6.45, 7) is 10.4. The van der Waals surface area contributed by atoms with Gasteiger partial charge in [-0.2, -0.15) is 0 Å². The van der Waals surface area contributed by atoms with Crippen molar-refractivity contribution in [3.8, 4) is 0 Å². The van der Waals surface area contributed by atoms with Crippen molar-refractivity contribution in [2.24, 2.45) is 5.92 Å². The highest BCUT2D eigenvalue weighted by Gasteiger charge is 2.76. The van der Waals surface area contributed by atoms with E-state index in [9.17, 15) is 24.0 Å². The Kier molecular flexibility index (Phi) is 10.2. The smallest absolute Gasteiger partial charge is 0.338 e. The van der Waals surface area contributed by atoms with E-state index in [1.165, 1.54) is 131 Å². The molecule has 7 atom stereocenters. The van der Waals surface area contributed by atoms with Crippen LogP contribution >= 0.6 is 0 Å². The molecule has 0 spiro atoms. The fraction of sp³-hybridized carbons (Fsp3) is 0.212. The van der Waals surface area contributed by atoms with Gasteiger partial charge < -0.3 is 23.7 Å². The number of hydrogen-bond donors (Lipinski definition) is 0. The Hall–Kier alpha value is -10.7. The van der Waals surface area contributed by atoms with E-state index >= 15 is 0 Å². The van der Waals surface area contributed by atoms with E-state index in [0.29, 0.717) is 34.2 Å². The van der Waals surface area contributed by atoms with Crippen molar-refractivity contribution in [2.75, 3.05) is 33.0 Å². The summed E-state index contributed by atoms with van der Waals surface area (Å²) in [7, 11) is 0. The number of fused-ring (bicyclic) bond motifs is 5. The van der Waals surface area contributed by atoms with Crippen LogP contribution in [0.5, 0.6) is 0 Å². The summed E-state index contributed by atoms with van der Waals surface area (Å²) in [5.74, 6) is -2.99. The van der Waals surface area contributed by atoms with E-state index in [0.717, 1.165) is 33.4 Å². The molecule has 0 bridgehead atoms. The molecule has 0 heterocycles. The molecule has 1 fully saturated rings. The predicted molar refractivity (Wildman–Crippen MR) is 366 cm³/mol. The highest BCUT2D eigenvalue weighted by atomic mass is 16.5. The molecule has 95 heavy (non-hydrogen) atoms. The number of hydrogen-bond acceptors (Lipinski definition) is 10. The Bertz CT molecular complexity index is 5850. The molecule has 0 aromatic heterocycles. The quantitative estimate of drug-likeness (QED) is 0.0555. The second kappa shape index (κ2) is 17.9. The van der Waals surface area contributed by atoms with Gasteiger partial charge in [-0.25, -0.2) is 24.0 Å². The van der Waals surface area contributed by atoms with Crippen molar-refractivity contribution in [3.63, 3.8) is 0 Å². The fourth-order valence-corrected chi connectivity index (χ4v) is 21.3. The van der Waals surface area contributed by atoms with Crippen LogP contribution < -0.4 is 0 Å². The summed E-state index contributed by atoms with van der Waals surface area (Å²) in [5.41, 5.74) is 18.6. The molecule has 458 valence electrons. The van der Waals surface area contributed by atoms with Gasteiger partial charge in [0.2, 0.25) is 0 Å². The van der Waals surface area contributed by atoms with Crippen LogP contribution in [0, 0.1) is 5.92 Å². The monoisotopic (exact) mass is 1240 g/mol. The number of allylic oxidation sites excluding steroid dienone is 6. The molecule has 1 saturated carbocycles. The molecule has 10 heteroatoms. The van der Waals surface area contributed by atoms with E-state index in [4.69, 9.17) is 23.7 Å². The van der Waals surface area contributed by atoms with Gasteiger partial charge in [-0.15, -0.1) is 0 Å². The molecule has 0 radical (unpaired) electrons. The maximum Gasteiger partial charge on any atom is 0.338 e. The Morgan fingerprint density at radius 1 is 0.379 bits per heavy atom. The number of esters is 5. The van der Waals surface area contributed by atoms with Gasteiger partial charge in [0.15, 0.2) is 0 Å². The van der Waals surface area contributed by atoms with Gasteiger partial charge in [0.1, 0.15) is 0 Å². The lowest BCUT2D eigenvalue weighted by atomic mass is 9.43. The Balaban J connectivity index is 1.02. The highest BCUT2D eigenvalue weighted by molar-refractivity contribution is 6.55. The summed E-state index contributed by atoms with van der Waals surface area (Å²) in [4.78, 5) is 69.6. The summed E-state index contributed by atoms with van der Waals surface area (Å²) < 4.78 is 28.6. The van der Waals surface area contributed by atoms with E-state index in [2.05, 4.69) is 103 Å². The largest absolute Gasteiger partial charge is 0.462 e. The Labute approximate surface area is 544 Å². The lowest BCUT2D eigenvalue weighted by Gasteiger charge is -2.57. The lowest BCUT2D eigenvalue weighted by molar-refractivity contribution is 0.0516. The van der Waals surface area contributed by atoms with Crippen molar-refractivity contribution in [3.05, 3.63) is 275 Å². The van der Waals surface area contributed by atoms with Gasteiger partial charge >= 0.3 is 29.8 Å². The predicted octanol–water partition coefficient (Wildman–Crippen LogP) is 17.3. The zero-order chi connectivity index (χ0) is 63.8. The molecule has 0 amide bonds. The first-order chi connectivity index (χ1) is 46.5. The number of carbonyl (C=O) groups is 5. The van der Waals surface area contributed by atoms with Crippen LogP contribution in [0.15, 0.2) is 186 Å². The van der Waals surface area contributed by atoms with Crippen LogP contribution in [-0.4, -0.2) is 62.9 Å². The van der Waals surface area contributed by atoms with Crippen LogP contribution in [0.1, 0.15) is 172 Å². The average Bonchev–Trinajstić information content (AvgIpc) is 1.41. The van der Waals surface area contributed by atoms with E-state index in [-0.39, 0.29) is 86.6 Å². The van der Waals surface area contributed by atoms with Gasteiger partial charge in [0, 0.05) is 17.8 Å². The molecular weight excluding hydrogens is 1180 g/mol. The molecule has 10 nitrogen and oxygen atoms in total. The SMILES string of the molecule is CCOC(=O)c1ccc(C2C=C3c4ccc5c6ccc7c8ccc9c%10c%11c%12c%13c%14c%15c(c4c5c%14c6c7c%13c%108)C3(c3ccc(C(=O)OCC)cc3)C3=C2C2C(=C3[C@@]%15%12c3ccc(C(=O)OCC)cc3)C%11(c3ccc(C(=O)OCC)cc3)C9CC2c2ccc(C(=O)OCC)cc2)cc1. The topological polar surface area (TPSA) is 132 Å². The van der Waals surface area contributed by atoms with Crippen molar-refractivity contribution in [1.29, 1.82) is 0 Å². The molecule has 8 aliphatic carbocycles. The van der Waals surface area contributed by atoms with Crippen LogP contribution in [0.4, 0.5) is 0 Å². The lowest BCUT2D eigenvalue weighted by Crippen LogP contribution is -2.52. The van der Waals surface area contributed by atoms with Gasteiger partial charge in [-0.1, -0.05) is 103 Å². The molecule has 13 aromatic rings. The van der Waals surface area contributed by atoms with Crippen LogP contribution in [0.2, 0.25) is 0 Å². The first-order valence-corrected chi connectivity index (χ1v) is 33.7. The van der Waals surface area contributed by atoms with Crippen LogP contribution in [0.3, 0.4) is 0 Å². The van der Waals surface area contributed by atoms with Gasteiger partial charge in [0.25, 0.3) is 0 Å². The normalized spacial score (nSPS) is 23.1. The molecule has 0 aliphatic heterocycles. The summed E-state index contributed by atoms with van der Waals surface area (Å²) in [6, 6.07) is 56.0. The van der Waals surface area contributed by atoms with Crippen molar-refractivity contribution < 1.29 is 47.7 Å². The maximum atomic E-state index is 14.1. The zero-order valence-electron chi connectivity index (χ0n) is 52.7. The summed E-state index contributed by atoms with van der Waals surface area (Å²) in [6.07, 6.45) is 3.28. The first-order valence-electron chi connectivity index (χ1n) is 33.7. The maximum absolute atomic E-state index is 14.1. The molecular formula is C85H58O10. The van der Waals surface area contributed by atoms with Gasteiger partial charge in [0.05, 0.1) is 77.1 Å². The second-order valence-corrected chi connectivity index (χ2v) is 27.2. The Morgan fingerprint density at radius 3 is 1.27 bits per heavy atom. The minimum atomic E-state index is -1.02. The minimum Gasteiger partial charge on any atom is -0.462 e. The van der Waals surface area contributed by atoms with Crippen molar-refractivity contribution in [1.82, 2.24) is 0 Å². The third-order valence-electron chi connectivity index (χ3n) is 23.9. The fourth-order valence-electron chi connectivity index (χ4n) is 21.3. The molecule has 0 N–H and O–H groups in total. The second-order valence-electron chi connectivity index (χ2n) is 27.2. The first kappa shape index (κ1) is 53.8. The molecule has 21 rings (SSSR count). The zero-order valence-corrected chi connectivity index (χ0v) is 52.7. The molecule has 6 unspecified atom stereocenters. The van der Waals surface area contributed by atoms with Gasteiger partial charge in [-0.05, 0) is 272 Å². The van der Waals surface area contributed by atoms with Crippen LogP contribution in [0.25, 0.3) is 81.0 Å².